The molecule has 220 valence electrons. The van der Waals surface area contributed by atoms with Crippen LogP contribution in [0.3, 0.4) is 0 Å². The second kappa shape index (κ2) is 15.9. The van der Waals surface area contributed by atoms with Crippen LogP contribution in [0.15, 0.2) is 126 Å². The molecule has 5 rings (SSSR count). The molecule has 3 nitrogen and oxygen atoms in total. The standard InChI is InChI=1S/C37H38O3PS2/c38-36(40-31-26-24-30(25-27-31)35-29-37(39)43-42-35)23-15-4-2-1-3-5-16-28-41(32-17-9-6-10-18-32,33-19-11-7-12-20-33)34-21-13-8-14-22-34/h6-14,17-22,24-27,29H,1-5,15-16,23,28H2/q+1. The van der Waals surface area contributed by atoms with Gasteiger partial charge in [0.25, 0.3) is 0 Å². The van der Waals surface area contributed by atoms with Crippen LogP contribution in [-0.2, 0) is 4.79 Å². The minimum absolute atomic E-state index is 0.0630. The molecule has 0 spiro atoms. The van der Waals surface area contributed by atoms with Gasteiger partial charge in [-0.25, -0.2) is 0 Å². The summed E-state index contributed by atoms with van der Waals surface area (Å²) in [6.45, 7) is 0. The molecule has 0 aliphatic rings. The minimum Gasteiger partial charge on any atom is -0.427 e. The van der Waals surface area contributed by atoms with E-state index in [0.29, 0.717) is 12.2 Å². The largest absolute Gasteiger partial charge is 0.427 e. The van der Waals surface area contributed by atoms with Gasteiger partial charge in [-0.3, -0.25) is 9.59 Å². The molecule has 0 saturated carbocycles. The van der Waals surface area contributed by atoms with Gasteiger partial charge in [-0.1, -0.05) is 90.6 Å². The molecule has 1 aromatic heterocycles. The number of rotatable bonds is 15. The molecule has 0 amide bonds. The third-order valence-electron chi connectivity index (χ3n) is 7.80. The van der Waals surface area contributed by atoms with Crippen molar-refractivity contribution in [3.05, 3.63) is 131 Å². The number of unbranched alkanes of at least 4 members (excludes halogenated alkanes) is 6. The highest BCUT2D eigenvalue weighted by Gasteiger charge is 2.44. The molecule has 6 heteroatoms. The molecule has 0 fully saturated rings. The Morgan fingerprint density at radius 3 is 1.56 bits per heavy atom. The Morgan fingerprint density at radius 1 is 0.581 bits per heavy atom. The second-order valence-electron chi connectivity index (χ2n) is 10.8. The number of carbonyl (C=O) groups is 1. The molecule has 0 N–H and O–H groups in total. The Kier molecular flexibility index (Phi) is 11.5. The van der Waals surface area contributed by atoms with E-state index in [4.69, 9.17) is 4.74 Å². The van der Waals surface area contributed by atoms with Gasteiger partial charge in [0.1, 0.15) is 28.9 Å². The molecule has 0 aliphatic heterocycles. The number of hydrogen-bond donors (Lipinski definition) is 0. The third-order valence-corrected chi connectivity index (χ3v) is 14.5. The van der Waals surface area contributed by atoms with E-state index in [-0.39, 0.29) is 10.7 Å². The quantitative estimate of drug-likeness (QED) is 0.0384. The van der Waals surface area contributed by atoms with Crippen LogP contribution in [0.1, 0.15) is 51.4 Å². The zero-order chi connectivity index (χ0) is 29.7. The van der Waals surface area contributed by atoms with Crippen molar-refractivity contribution in [1.29, 1.82) is 0 Å². The summed E-state index contributed by atoms with van der Waals surface area (Å²) in [5, 5.41) is 4.36. The molecule has 0 aliphatic carbocycles. The molecular formula is C37H38O3PS2+. The molecule has 0 unspecified atom stereocenters. The molecular weight excluding hydrogens is 588 g/mol. The minimum atomic E-state index is -1.74. The smallest absolute Gasteiger partial charge is 0.311 e. The van der Waals surface area contributed by atoms with Crippen LogP contribution < -0.4 is 25.4 Å². The van der Waals surface area contributed by atoms with E-state index >= 15 is 0 Å². The van der Waals surface area contributed by atoms with Crippen molar-refractivity contribution in [3.63, 3.8) is 0 Å². The summed E-state index contributed by atoms with van der Waals surface area (Å²) >= 11 is 0. The molecule has 43 heavy (non-hydrogen) atoms. The van der Waals surface area contributed by atoms with Crippen LogP contribution >= 0.6 is 27.9 Å². The van der Waals surface area contributed by atoms with Crippen molar-refractivity contribution in [2.24, 2.45) is 0 Å². The normalized spacial score (nSPS) is 11.3. The van der Waals surface area contributed by atoms with Gasteiger partial charge in [0.2, 0.25) is 4.74 Å². The van der Waals surface area contributed by atoms with Crippen LogP contribution in [0.25, 0.3) is 10.4 Å². The maximum absolute atomic E-state index is 12.3. The first kappa shape index (κ1) is 31.1. The number of benzene rings is 4. The summed E-state index contributed by atoms with van der Waals surface area (Å²) in [5.41, 5.74) is 0.968. The van der Waals surface area contributed by atoms with Crippen LogP contribution in [0.2, 0.25) is 0 Å². The first-order valence-electron chi connectivity index (χ1n) is 15.1. The molecule has 1 heterocycles. The van der Waals surface area contributed by atoms with Crippen molar-refractivity contribution in [1.82, 2.24) is 0 Å². The van der Waals surface area contributed by atoms with Crippen molar-refractivity contribution in [3.8, 4) is 16.2 Å². The lowest BCUT2D eigenvalue weighted by molar-refractivity contribution is -0.134. The van der Waals surface area contributed by atoms with Crippen LogP contribution in [0.4, 0.5) is 0 Å². The highest BCUT2D eigenvalue weighted by atomic mass is 32.9. The Hall–Kier alpha value is -3.37. The Bertz CT molecular complexity index is 1500. The topological polar surface area (TPSA) is 43.4 Å². The Morgan fingerprint density at radius 2 is 1.07 bits per heavy atom. The maximum Gasteiger partial charge on any atom is 0.311 e. The average Bonchev–Trinajstić information content (AvgIpc) is 3.50. The molecule has 0 bridgehead atoms. The molecule has 0 saturated heterocycles. The fourth-order valence-electron chi connectivity index (χ4n) is 5.63. The van der Waals surface area contributed by atoms with E-state index in [1.54, 1.807) is 18.2 Å². The summed E-state index contributed by atoms with van der Waals surface area (Å²) in [4.78, 5) is 24.7. The zero-order valence-electron chi connectivity index (χ0n) is 24.4. The highest BCUT2D eigenvalue weighted by molar-refractivity contribution is 7.95. The molecule has 0 atom stereocenters. The first-order valence-corrected chi connectivity index (χ1v) is 19.2. The number of hydrogen-bond acceptors (Lipinski definition) is 5. The van der Waals surface area contributed by atoms with Gasteiger partial charge in [-0.05, 0) is 95.8 Å². The van der Waals surface area contributed by atoms with Gasteiger partial charge < -0.3 is 4.74 Å². The Labute approximate surface area is 263 Å². The van der Waals surface area contributed by atoms with E-state index < -0.39 is 7.26 Å². The number of ether oxygens (including phenoxy) is 1. The molecule has 0 radical (unpaired) electrons. The maximum atomic E-state index is 12.3. The van der Waals surface area contributed by atoms with Gasteiger partial charge in [0, 0.05) is 17.4 Å². The van der Waals surface area contributed by atoms with E-state index in [2.05, 4.69) is 91.0 Å². The zero-order valence-corrected chi connectivity index (χ0v) is 26.9. The van der Waals surface area contributed by atoms with Gasteiger partial charge in [-0.15, -0.1) is 0 Å². The lowest BCUT2D eigenvalue weighted by atomic mass is 10.1. The first-order chi connectivity index (χ1) is 21.1. The fraction of sp³-hybridized carbons (Fsp3) is 0.243. The van der Waals surface area contributed by atoms with Gasteiger partial charge in [0.05, 0.1) is 6.16 Å². The van der Waals surface area contributed by atoms with Crippen molar-refractivity contribution >= 4 is 49.8 Å². The number of esters is 1. The van der Waals surface area contributed by atoms with Crippen molar-refractivity contribution in [2.45, 2.75) is 51.4 Å². The van der Waals surface area contributed by atoms with E-state index in [1.807, 2.05) is 12.1 Å². The summed E-state index contributed by atoms with van der Waals surface area (Å²) in [6, 6.07) is 42.4. The van der Waals surface area contributed by atoms with Crippen LogP contribution in [0, 0.1) is 0 Å². The summed E-state index contributed by atoms with van der Waals surface area (Å²) in [6.07, 6.45) is 9.47. The van der Waals surface area contributed by atoms with Crippen LogP contribution in [-0.4, -0.2) is 12.1 Å². The molecule has 5 aromatic rings. The van der Waals surface area contributed by atoms with Gasteiger partial charge in [0.15, 0.2) is 0 Å². The van der Waals surface area contributed by atoms with E-state index in [1.165, 1.54) is 68.4 Å². The van der Waals surface area contributed by atoms with E-state index in [9.17, 15) is 9.59 Å². The average molecular weight is 626 g/mol. The van der Waals surface area contributed by atoms with Crippen molar-refractivity contribution in [2.75, 3.05) is 6.16 Å². The van der Waals surface area contributed by atoms with Gasteiger partial charge >= 0.3 is 5.97 Å². The third kappa shape index (κ3) is 8.38. The second-order valence-corrected chi connectivity index (χ2v) is 16.5. The van der Waals surface area contributed by atoms with Gasteiger partial charge in [-0.2, -0.15) is 0 Å². The van der Waals surface area contributed by atoms with E-state index in [0.717, 1.165) is 29.7 Å². The highest BCUT2D eigenvalue weighted by Crippen LogP contribution is 2.56. The predicted octanol–water partition coefficient (Wildman–Crippen LogP) is 8.86. The monoisotopic (exact) mass is 625 g/mol. The number of carbonyl (C=O) groups excluding carboxylic acids is 1. The summed E-state index contributed by atoms with van der Waals surface area (Å²) in [7, 11) is 0.957. The predicted molar refractivity (Wildman–Crippen MR) is 186 cm³/mol. The lowest BCUT2D eigenvalue weighted by Crippen LogP contribution is -2.33. The van der Waals surface area contributed by atoms with Crippen molar-refractivity contribution < 1.29 is 9.53 Å². The SMILES string of the molecule is O=C(CCCCCCCCC[P+](c1ccccc1)(c1ccccc1)c1ccccc1)Oc1ccc(-c2cc(=O)ss2)cc1. The Balaban J connectivity index is 1.06. The summed E-state index contributed by atoms with van der Waals surface area (Å²) in [5.74, 6) is 0.368. The fourth-order valence-corrected chi connectivity index (χ4v) is 11.9. The summed E-state index contributed by atoms with van der Waals surface area (Å²) < 4.78 is 5.58. The van der Waals surface area contributed by atoms with Crippen LogP contribution in [0.5, 0.6) is 5.75 Å². The lowest BCUT2D eigenvalue weighted by Gasteiger charge is -2.27. The molecule has 4 aromatic carbocycles.